The Morgan fingerprint density at radius 2 is 1.61 bits per heavy atom. The van der Waals surface area contributed by atoms with Crippen LogP contribution in [-0.2, 0) is 26.0 Å². The van der Waals surface area contributed by atoms with Crippen LogP contribution < -0.4 is 10.6 Å². The van der Waals surface area contributed by atoms with E-state index in [-0.39, 0.29) is 48.2 Å². The lowest BCUT2D eigenvalue weighted by atomic mass is 9.95. The molecule has 0 bridgehead atoms. The van der Waals surface area contributed by atoms with Crippen molar-refractivity contribution in [2.24, 2.45) is 5.92 Å². The highest BCUT2D eigenvalue weighted by molar-refractivity contribution is 7.89. The van der Waals surface area contributed by atoms with Crippen LogP contribution in [-0.4, -0.2) is 50.2 Å². The minimum atomic E-state index is -3.64. The summed E-state index contributed by atoms with van der Waals surface area (Å²) in [6.07, 6.45) is 1.64. The fourth-order valence-electron chi connectivity index (χ4n) is 4.72. The lowest BCUT2D eigenvalue weighted by Crippen LogP contribution is -2.47. The van der Waals surface area contributed by atoms with E-state index in [9.17, 15) is 18.0 Å². The molecule has 4 rings (SSSR count). The van der Waals surface area contributed by atoms with Gasteiger partial charge in [0.25, 0.3) is 0 Å². The van der Waals surface area contributed by atoms with E-state index in [1.165, 1.54) is 4.31 Å². The minimum absolute atomic E-state index is 0.102. The van der Waals surface area contributed by atoms with Crippen LogP contribution >= 0.6 is 0 Å². The van der Waals surface area contributed by atoms with Gasteiger partial charge in [-0.2, -0.15) is 4.31 Å². The molecule has 2 amide bonds. The summed E-state index contributed by atoms with van der Waals surface area (Å²) in [5, 5.41) is 7.73. The van der Waals surface area contributed by atoms with Gasteiger partial charge in [0.2, 0.25) is 21.8 Å². The maximum atomic E-state index is 13.3. The van der Waals surface area contributed by atoms with Gasteiger partial charge in [0, 0.05) is 38.0 Å². The number of hydrogen-bond donors (Lipinski definition) is 2. The zero-order valence-corrected chi connectivity index (χ0v) is 21.3. The first-order valence-corrected chi connectivity index (χ1v) is 13.9. The van der Waals surface area contributed by atoms with Crippen molar-refractivity contribution in [1.29, 1.82) is 0 Å². The first kappa shape index (κ1) is 25.9. The minimum Gasteiger partial charge on any atom is -0.356 e. The largest absolute Gasteiger partial charge is 0.356 e. The van der Waals surface area contributed by atoms with Crippen molar-refractivity contribution in [2.45, 2.75) is 43.5 Å². The Hall–Kier alpha value is -3.23. The van der Waals surface area contributed by atoms with Crippen LogP contribution in [0, 0.1) is 5.92 Å². The van der Waals surface area contributed by atoms with Crippen molar-refractivity contribution >= 4 is 32.6 Å². The van der Waals surface area contributed by atoms with Crippen molar-refractivity contribution in [3.63, 3.8) is 0 Å². The van der Waals surface area contributed by atoms with Crippen molar-refractivity contribution < 1.29 is 18.0 Å². The number of piperidine rings is 1. The molecule has 190 valence electrons. The number of sulfonamides is 1. The molecule has 36 heavy (non-hydrogen) atoms. The van der Waals surface area contributed by atoms with Crippen molar-refractivity contribution in [3.8, 4) is 0 Å². The highest BCUT2D eigenvalue weighted by atomic mass is 32.2. The van der Waals surface area contributed by atoms with E-state index in [0.29, 0.717) is 25.8 Å². The summed E-state index contributed by atoms with van der Waals surface area (Å²) in [5.74, 6) is -0.515. The van der Waals surface area contributed by atoms with E-state index in [4.69, 9.17) is 0 Å². The van der Waals surface area contributed by atoms with E-state index >= 15 is 0 Å². The maximum Gasteiger partial charge on any atom is 0.243 e. The summed E-state index contributed by atoms with van der Waals surface area (Å²) >= 11 is 0. The maximum absolute atomic E-state index is 13.3. The Morgan fingerprint density at radius 3 is 2.31 bits per heavy atom. The van der Waals surface area contributed by atoms with Gasteiger partial charge >= 0.3 is 0 Å². The fraction of sp³-hybridized carbons (Fsp3) is 0.357. The van der Waals surface area contributed by atoms with Gasteiger partial charge < -0.3 is 10.6 Å². The summed E-state index contributed by atoms with van der Waals surface area (Å²) in [6, 6.07) is 22.3. The van der Waals surface area contributed by atoms with Crippen LogP contribution in [0.5, 0.6) is 0 Å². The molecule has 1 aliphatic rings. The summed E-state index contributed by atoms with van der Waals surface area (Å²) in [4.78, 5) is 25.6. The summed E-state index contributed by atoms with van der Waals surface area (Å²) < 4.78 is 28.0. The van der Waals surface area contributed by atoms with Crippen LogP contribution in [0.4, 0.5) is 0 Å². The average Bonchev–Trinajstić information content (AvgIpc) is 2.89. The molecule has 0 aromatic heterocycles. The number of benzene rings is 3. The number of nitrogens with zero attached hydrogens (tertiary/aromatic N) is 1. The summed E-state index contributed by atoms with van der Waals surface area (Å²) in [5.41, 5.74) is 1.04. The number of fused-ring (bicyclic) bond motifs is 1. The normalized spacial score (nSPS) is 15.9. The van der Waals surface area contributed by atoms with Crippen LogP contribution in [0.15, 0.2) is 77.7 Å². The predicted octanol–water partition coefficient (Wildman–Crippen LogP) is 3.49. The van der Waals surface area contributed by atoms with Crippen molar-refractivity contribution in [3.05, 3.63) is 78.4 Å². The smallest absolute Gasteiger partial charge is 0.243 e. The van der Waals surface area contributed by atoms with Crippen LogP contribution in [0.25, 0.3) is 10.8 Å². The second-order valence-corrected chi connectivity index (χ2v) is 11.2. The highest BCUT2D eigenvalue weighted by Crippen LogP contribution is 2.26. The zero-order valence-electron chi connectivity index (χ0n) is 20.5. The Morgan fingerprint density at radius 1 is 0.944 bits per heavy atom. The van der Waals surface area contributed by atoms with Gasteiger partial charge in [0.05, 0.1) is 4.90 Å². The predicted molar refractivity (Wildman–Crippen MR) is 141 cm³/mol. The van der Waals surface area contributed by atoms with Crippen LogP contribution in [0.1, 0.15) is 31.7 Å². The molecule has 3 aromatic carbocycles. The molecule has 1 saturated heterocycles. The SMILES string of the molecule is CCNC(=O)CC(Cc1ccccc1)NC(=O)C1CCN(S(=O)(=O)c2ccc3ccccc3c2)CC1. The third-order valence-electron chi connectivity index (χ3n) is 6.66. The number of carbonyl (C=O) groups excluding carboxylic acids is 2. The molecule has 0 aliphatic carbocycles. The molecule has 1 fully saturated rings. The number of rotatable bonds is 9. The lowest BCUT2D eigenvalue weighted by Gasteiger charge is -2.31. The topological polar surface area (TPSA) is 95.6 Å². The average molecular weight is 508 g/mol. The molecule has 3 aromatic rings. The van der Waals surface area contributed by atoms with Crippen molar-refractivity contribution in [1.82, 2.24) is 14.9 Å². The van der Waals surface area contributed by atoms with E-state index in [2.05, 4.69) is 10.6 Å². The van der Waals surface area contributed by atoms with Gasteiger partial charge in [-0.25, -0.2) is 8.42 Å². The molecular weight excluding hydrogens is 474 g/mol. The van der Waals surface area contributed by atoms with E-state index in [1.54, 1.807) is 12.1 Å². The Bertz CT molecular complexity index is 1300. The highest BCUT2D eigenvalue weighted by Gasteiger charge is 2.33. The number of carbonyl (C=O) groups is 2. The third-order valence-corrected chi connectivity index (χ3v) is 8.56. The first-order valence-electron chi connectivity index (χ1n) is 12.5. The Balaban J connectivity index is 1.38. The molecule has 0 spiro atoms. The fourth-order valence-corrected chi connectivity index (χ4v) is 6.23. The Kier molecular flexibility index (Phi) is 8.38. The summed E-state index contributed by atoms with van der Waals surface area (Å²) in [6.45, 7) is 2.97. The van der Waals surface area contributed by atoms with Gasteiger partial charge in [-0.1, -0.05) is 60.7 Å². The van der Waals surface area contributed by atoms with Crippen molar-refractivity contribution in [2.75, 3.05) is 19.6 Å². The second kappa shape index (κ2) is 11.7. The Labute approximate surface area is 212 Å². The van der Waals surface area contributed by atoms with Gasteiger partial charge in [-0.3, -0.25) is 9.59 Å². The summed E-state index contributed by atoms with van der Waals surface area (Å²) in [7, 11) is -3.64. The van der Waals surface area contributed by atoms with Gasteiger partial charge in [-0.05, 0) is 54.7 Å². The molecular formula is C28H33N3O4S. The molecule has 0 radical (unpaired) electrons. The van der Waals surface area contributed by atoms with E-state index < -0.39 is 10.0 Å². The van der Waals surface area contributed by atoms with Gasteiger partial charge in [0.15, 0.2) is 0 Å². The number of amides is 2. The first-order chi connectivity index (χ1) is 17.4. The monoisotopic (exact) mass is 507 g/mol. The van der Waals surface area contributed by atoms with Crippen LogP contribution in [0.2, 0.25) is 0 Å². The van der Waals surface area contributed by atoms with Crippen LogP contribution in [0.3, 0.4) is 0 Å². The van der Waals surface area contributed by atoms with E-state index in [1.807, 2.05) is 67.6 Å². The zero-order chi connectivity index (χ0) is 25.5. The molecule has 1 atom stereocenters. The number of nitrogens with one attached hydrogen (secondary N) is 2. The lowest BCUT2D eigenvalue weighted by molar-refractivity contribution is -0.127. The molecule has 8 heteroatoms. The number of hydrogen-bond acceptors (Lipinski definition) is 4. The molecule has 1 aliphatic heterocycles. The quantitative estimate of drug-likeness (QED) is 0.464. The third kappa shape index (κ3) is 6.30. The standard InChI is InChI=1S/C28H33N3O4S/c1-2-29-27(32)20-25(18-21-8-4-3-5-9-21)30-28(33)23-14-16-31(17-15-23)36(34,35)26-13-12-22-10-6-7-11-24(22)19-26/h3-13,19,23,25H,2,14-18,20H2,1H3,(H,29,32)(H,30,33). The molecule has 0 saturated carbocycles. The molecule has 7 nitrogen and oxygen atoms in total. The molecule has 2 N–H and O–H groups in total. The van der Waals surface area contributed by atoms with Gasteiger partial charge in [0.1, 0.15) is 0 Å². The molecule has 1 unspecified atom stereocenters. The molecule has 1 heterocycles. The second-order valence-electron chi connectivity index (χ2n) is 9.24. The van der Waals surface area contributed by atoms with Gasteiger partial charge in [-0.15, -0.1) is 0 Å². The van der Waals surface area contributed by atoms with E-state index in [0.717, 1.165) is 16.3 Å².